The van der Waals surface area contributed by atoms with Crippen LogP contribution in [0, 0.1) is 5.92 Å². The summed E-state index contributed by atoms with van der Waals surface area (Å²) in [5, 5.41) is 4.85. The maximum absolute atomic E-state index is 4.85. The summed E-state index contributed by atoms with van der Waals surface area (Å²) in [6, 6.07) is 0. The van der Waals surface area contributed by atoms with E-state index in [1.807, 2.05) is 11.3 Å². The molecule has 0 fully saturated rings. The van der Waals surface area contributed by atoms with Crippen LogP contribution in [0.2, 0.25) is 0 Å². The summed E-state index contributed by atoms with van der Waals surface area (Å²) in [5.74, 6) is 2.79. The third kappa shape index (κ3) is 3.05. The molecule has 1 aliphatic rings. The van der Waals surface area contributed by atoms with Gasteiger partial charge >= 0.3 is 0 Å². The van der Waals surface area contributed by atoms with Gasteiger partial charge in [0.25, 0.3) is 0 Å². The number of thiophene rings is 1. The number of anilines is 1. The van der Waals surface area contributed by atoms with Crippen LogP contribution in [0.15, 0.2) is 0 Å². The molecule has 2 aromatic heterocycles. The molecule has 0 unspecified atom stereocenters. The lowest BCUT2D eigenvalue weighted by molar-refractivity contribution is 0.576. The van der Waals surface area contributed by atoms with E-state index < -0.39 is 0 Å². The minimum absolute atomic E-state index is 0.699. The minimum atomic E-state index is 0.699. The van der Waals surface area contributed by atoms with E-state index >= 15 is 0 Å². The van der Waals surface area contributed by atoms with Gasteiger partial charge in [0.05, 0.1) is 5.39 Å². The highest BCUT2D eigenvalue weighted by molar-refractivity contribution is 7.19. The molecule has 4 heteroatoms. The Morgan fingerprint density at radius 3 is 2.86 bits per heavy atom. The second-order valence-corrected chi connectivity index (χ2v) is 7.47. The summed E-state index contributed by atoms with van der Waals surface area (Å²) in [4.78, 5) is 12.4. The van der Waals surface area contributed by atoms with Crippen LogP contribution in [0.4, 0.5) is 5.82 Å². The molecule has 0 radical (unpaired) electrons. The predicted molar refractivity (Wildman–Crippen MR) is 91.4 cm³/mol. The molecule has 0 saturated heterocycles. The van der Waals surface area contributed by atoms with Crippen molar-refractivity contribution in [1.29, 1.82) is 0 Å². The molecule has 2 heterocycles. The van der Waals surface area contributed by atoms with Crippen molar-refractivity contribution >= 4 is 27.4 Å². The smallest absolute Gasteiger partial charge is 0.138 e. The van der Waals surface area contributed by atoms with Gasteiger partial charge in [-0.3, -0.25) is 0 Å². The average Bonchev–Trinajstić information content (AvgIpc) is 3.02. The number of nitrogens with one attached hydrogen (secondary N) is 1. The summed E-state index contributed by atoms with van der Waals surface area (Å²) < 4.78 is 0. The quantitative estimate of drug-likeness (QED) is 0.848. The number of nitrogens with zero attached hydrogens (tertiary/aromatic N) is 2. The molecule has 3 nitrogen and oxygen atoms in total. The van der Waals surface area contributed by atoms with E-state index in [1.165, 1.54) is 35.0 Å². The van der Waals surface area contributed by atoms with E-state index in [0.29, 0.717) is 5.92 Å². The van der Waals surface area contributed by atoms with Crippen LogP contribution in [0.1, 0.15) is 56.3 Å². The van der Waals surface area contributed by atoms with Crippen LogP contribution in [0.3, 0.4) is 0 Å². The first-order valence-electron chi connectivity index (χ1n) is 8.24. The molecule has 114 valence electrons. The number of fused-ring (bicyclic) bond motifs is 3. The topological polar surface area (TPSA) is 37.8 Å². The van der Waals surface area contributed by atoms with Crippen molar-refractivity contribution < 1.29 is 0 Å². The third-order valence-corrected chi connectivity index (χ3v) is 5.28. The van der Waals surface area contributed by atoms with Gasteiger partial charge in [-0.25, -0.2) is 9.97 Å². The van der Waals surface area contributed by atoms with Gasteiger partial charge < -0.3 is 5.32 Å². The molecule has 2 aromatic rings. The van der Waals surface area contributed by atoms with Crippen molar-refractivity contribution in [2.24, 2.45) is 5.92 Å². The van der Waals surface area contributed by atoms with E-state index in [9.17, 15) is 0 Å². The molecule has 1 N–H and O–H groups in total. The van der Waals surface area contributed by atoms with Gasteiger partial charge in [0.1, 0.15) is 16.5 Å². The largest absolute Gasteiger partial charge is 0.369 e. The number of hydrogen-bond donors (Lipinski definition) is 1. The first kappa shape index (κ1) is 14.8. The molecular formula is C17H25N3S. The van der Waals surface area contributed by atoms with Crippen molar-refractivity contribution in [3.05, 3.63) is 16.3 Å². The van der Waals surface area contributed by atoms with Crippen molar-refractivity contribution in [2.75, 3.05) is 11.9 Å². The fraction of sp³-hybridized carbons (Fsp3) is 0.647. The van der Waals surface area contributed by atoms with Crippen LogP contribution in [-0.2, 0) is 19.3 Å². The van der Waals surface area contributed by atoms with Crippen molar-refractivity contribution in [3.63, 3.8) is 0 Å². The van der Waals surface area contributed by atoms with Crippen LogP contribution in [0.25, 0.3) is 10.2 Å². The van der Waals surface area contributed by atoms with Crippen LogP contribution >= 0.6 is 11.3 Å². The zero-order valence-corrected chi connectivity index (χ0v) is 14.1. The van der Waals surface area contributed by atoms with Gasteiger partial charge in [0.15, 0.2) is 0 Å². The molecule has 0 aromatic carbocycles. The third-order valence-electron chi connectivity index (χ3n) is 4.10. The van der Waals surface area contributed by atoms with Gasteiger partial charge in [-0.05, 0) is 43.6 Å². The number of rotatable bonds is 6. The molecule has 0 saturated carbocycles. The zero-order chi connectivity index (χ0) is 14.8. The van der Waals surface area contributed by atoms with Gasteiger partial charge in [0, 0.05) is 17.8 Å². The highest BCUT2D eigenvalue weighted by Crippen LogP contribution is 2.39. The second kappa shape index (κ2) is 6.30. The zero-order valence-electron chi connectivity index (χ0n) is 13.3. The monoisotopic (exact) mass is 303 g/mol. The van der Waals surface area contributed by atoms with Gasteiger partial charge in [-0.1, -0.05) is 20.8 Å². The molecule has 0 spiro atoms. The molecule has 0 bridgehead atoms. The van der Waals surface area contributed by atoms with Crippen LogP contribution in [-0.4, -0.2) is 16.5 Å². The van der Waals surface area contributed by atoms with Crippen LogP contribution < -0.4 is 5.32 Å². The van der Waals surface area contributed by atoms with Crippen LogP contribution in [0.5, 0.6) is 0 Å². The van der Waals surface area contributed by atoms with E-state index in [0.717, 1.165) is 37.4 Å². The molecular weight excluding hydrogens is 278 g/mol. The highest BCUT2D eigenvalue weighted by atomic mass is 32.1. The molecule has 1 aliphatic carbocycles. The summed E-state index contributed by atoms with van der Waals surface area (Å²) in [7, 11) is 0. The minimum Gasteiger partial charge on any atom is -0.369 e. The van der Waals surface area contributed by atoms with Crippen molar-refractivity contribution in [3.8, 4) is 0 Å². The van der Waals surface area contributed by atoms with Gasteiger partial charge in [-0.15, -0.1) is 11.3 Å². The molecule has 0 amide bonds. The Morgan fingerprint density at radius 2 is 2.10 bits per heavy atom. The Hall–Kier alpha value is -1.16. The fourth-order valence-corrected chi connectivity index (χ4v) is 4.22. The number of aryl methyl sites for hydroxylation is 3. The van der Waals surface area contributed by atoms with Crippen molar-refractivity contribution in [1.82, 2.24) is 9.97 Å². The SMILES string of the molecule is CCCNc1nc(CCC(C)C)nc2sc3c(c12)CCC3. The Morgan fingerprint density at radius 1 is 1.24 bits per heavy atom. The van der Waals surface area contributed by atoms with E-state index in [1.54, 1.807) is 4.88 Å². The normalized spacial score (nSPS) is 14.1. The van der Waals surface area contributed by atoms with E-state index in [-0.39, 0.29) is 0 Å². The molecule has 0 atom stereocenters. The molecule has 0 aliphatic heterocycles. The lowest BCUT2D eigenvalue weighted by atomic mass is 10.1. The van der Waals surface area contributed by atoms with Gasteiger partial charge in [0.2, 0.25) is 0 Å². The molecule has 3 rings (SSSR count). The maximum atomic E-state index is 4.85. The van der Waals surface area contributed by atoms with E-state index in [2.05, 4.69) is 26.1 Å². The number of hydrogen-bond acceptors (Lipinski definition) is 4. The Balaban J connectivity index is 2.00. The Labute approximate surface area is 131 Å². The predicted octanol–water partition coefficient (Wildman–Crippen LogP) is 4.59. The van der Waals surface area contributed by atoms with E-state index in [4.69, 9.17) is 9.97 Å². The standard InChI is InChI=1S/C17H25N3S/c1-4-10-18-16-15-12-6-5-7-13(12)21-17(15)20-14(19-16)9-8-11(2)3/h11H,4-10H2,1-3H3,(H,18,19,20). The lowest BCUT2D eigenvalue weighted by Crippen LogP contribution is -2.07. The highest BCUT2D eigenvalue weighted by Gasteiger charge is 2.22. The average molecular weight is 303 g/mol. The Bertz CT molecular complexity index is 630. The fourth-order valence-electron chi connectivity index (χ4n) is 2.94. The summed E-state index contributed by atoms with van der Waals surface area (Å²) in [6.45, 7) is 7.70. The first-order chi connectivity index (χ1) is 10.2. The van der Waals surface area contributed by atoms with Crippen molar-refractivity contribution in [2.45, 2.75) is 59.3 Å². The number of aromatic nitrogens is 2. The summed E-state index contributed by atoms with van der Waals surface area (Å²) in [5.41, 5.74) is 1.52. The van der Waals surface area contributed by atoms with Gasteiger partial charge in [-0.2, -0.15) is 0 Å². The second-order valence-electron chi connectivity index (χ2n) is 6.39. The maximum Gasteiger partial charge on any atom is 0.138 e. The first-order valence-corrected chi connectivity index (χ1v) is 9.05. The Kier molecular flexibility index (Phi) is 4.43. The summed E-state index contributed by atoms with van der Waals surface area (Å²) >= 11 is 1.89. The summed E-state index contributed by atoms with van der Waals surface area (Å²) in [6.07, 6.45) is 6.98. The molecule has 21 heavy (non-hydrogen) atoms. The lowest BCUT2D eigenvalue weighted by Gasteiger charge is -2.10.